The Kier molecular flexibility index (Phi) is 6.93. The second-order valence-corrected chi connectivity index (χ2v) is 11.0. The van der Waals surface area contributed by atoms with E-state index in [-0.39, 0.29) is 22.7 Å². The molecule has 1 aromatic heterocycles. The number of amides is 1. The van der Waals surface area contributed by atoms with Gasteiger partial charge in [-0.1, -0.05) is 20.8 Å². The van der Waals surface area contributed by atoms with Crippen LogP contribution in [0.5, 0.6) is 0 Å². The number of carbonyl (C=O) groups excluding carboxylic acids is 2. The van der Waals surface area contributed by atoms with Crippen molar-refractivity contribution in [3.63, 3.8) is 0 Å². The molecule has 0 aromatic carbocycles. The zero-order valence-electron chi connectivity index (χ0n) is 19.1. The molecule has 2 bridgehead atoms. The maximum Gasteiger partial charge on any atom is 0.300 e. The highest BCUT2D eigenvalue weighted by atomic mass is 32.1. The predicted molar refractivity (Wildman–Crippen MR) is 119 cm³/mol. The van der Waals surface area contributed by atoms with Crippen molar-refractivity contribution in [2.24, 2.45) is 17.3 Å². The summed E-state index contributed by atoms with van der Waals surface area (Å²) in [5.74, 6) is 0.316. The number of nitrogens with one attached hydrogen (secondary N) is 1. The van der Waals surface area contributed by atoms with Crippen molar-refractivity contribution in [1.82, 2.24) is 10.2 Å². The molecule has 0 unspecified atom stereocenters. The van der Waals surface area contributed by atoms with E-state index in [2.05, 4.69) is 15.6 Å². The summed E-state index contributed by atoms with van der Waals surface area (Å²) >= 11 is 1.53. The molecule has 7 nitrogen and oxygen atoms in total. The third-order valence-corrected chi connectivity index (χ3v) is 7.52. The number of carboxylic acids is 1. The quantitative estimate of drug-likeness (QED) is 0.669. The van der Waals surface area contributed by atoms with Gasteiger partial charge in [-0.25, -0.2) is 0 Å². The molecule has 4 rings (SSSR count). The number of aliphatic carboxylic acids is 1. The van der Waals surface area contributed by atoms with Crippen molar-refractivity contribution in [3.05, 3.63) is 21.9 Å². The first-order valence-electron chi connectivity index (χ1n) is 10.9. The van der Waals surface area contributed by atoms with E-state index in [4.69, 9.17) is 14.6 Å². The van der Waals surface area contributed by atoms with E-state index >= 15 is 0 Å². The molecule has 0 saturated carbocycles. The highest BCUT2D eigenvalue weighted by Gasteiger charge is 2.62. The van der Waals surface area contributed by atoms with Gasteiger partial charge in [-0.15, -0.1) is 11.3 Å². The average molecular weight is 451 g/mol. The van der Waals surface area contributed by atoms with E-state index in [9.17, 15) is 9.59 Å². The standard InChI is InChI=1S/C21H30N2O3S.C2H4O2/c1-13(24)18-7-14(11-27-18)9-23-10-16-15(8-22-19(25)20(2,3)4)17-5-6-21(16,12-23)26-17;1-2(3)4/h7,11,15-17H,5-6,8-10,12H2,1-4H3,(H,22,25);1H3,(H,3,4)/t15-,16+,17+,21+;/m0./s1. The smallest absolute Gasteiger partial charge is 0.300 e. The summed E-state index contributed by atoms with van der Waals surface area (Å²) < 4.78 is 6.48. The fourth-order valence-electron chi connectivity index (χ4n) is 5.06. The number of nitrogens with zero attached hydrogens (tertiary/aromatic N) is 1. The molecule has 0 aliphatic carbocycles. The van der Waals surface area contributed by atoms with Crippen molar-refractivity contribution in [2.45, 2.75) is 65.7 Å². The van der Waals surface area contributed by atoms with Gasteiger partial charge in [0.25, 0.3) is 5.97 Å². The van der Waals surface area contributed by atoms with Crippen LogP contribution in [-0.4, -0.2) is 59.0 Å². The number of carboxylic acid groups (broad SMARTS) is 1. The van der Waals surface area contributed by atoms with Gasteiger partial charge in [0.1, 0.15) is 0 Å². The summed E-state index contributed by atoms with van der Waals surface area (Å²) in [7, 11) is 0. The number of hydrogen-bond acceptors (Lipinski definition) is 6. The van der Waals surface area contributed by atoms with Crippen molar-refractivity contribution >= 4 is 29.0 Å². The first kappa shape index (κ1) is 23.9. The fourth-order valence-corrected chi connectivity index (χ4v) is 5.86. The second kappa shape index (κ2) is 9.00. The Morgan fingerprint density at radius 1 is 1.32 bits per heavy atom. The highest BCUT2D eigenvalue weighted by Crippen LogP contribution is 2.54. The number of ketones is 1. The summed E-state index contributed by atoms with van der Waals surface area (Å²) in [6.07, 6.45) is 2.53. The first-order chi connectivity index (χ1) is 14.4. The largest absolute Gasteiger partial charge is 0.481 e. The number of likely N-dealkylation sites (tertiary alicyclic amines) is 1. The zero-order chi connectivity index (χ0) is 23.0. The topological polar surface area (TPSA) is 95.9 Å². The van der Waals surface area contributed by atoms with Crippen molar-refractivity contribution in [1.29, 1.82) is 0 Å². The Balaban J connectivity index is 0.000000628. The van der Waals surface area contributed by atoms with Crippen LogP contribution < -0.4 is 5.32 Å². The van der Waals surface area contributed by atoms with E-state index in [1.54, 1.807) is 6.92 Å². The fraction of sp³-hybridized carbons (Fsp3) is 0.696. The van der Waals surface area contributed by atoms with Gasteiger partial charge in [-0.3, -0.25) is 19.3 Å². The van der Waals surface area contributed by atoms with Crippen LogP contribution in [0, 0.1) is 17.3 Å². The Morgan fingerprint density at radius 3 is 2.58 bits per heavy atom. The first-order valence-corrected chi connectivity index (χ1v) is 11.8. The number of carbonyl (C=O) groups is 3. The molecule has 1 spiro atoms. The maximum absolute atomic E-state index is 12.3. The number of thiophene rings is 1. The molecule has 3 fully saturated rings. The van der Waals surface area contributed by atoms with Crippen LogP contribution in [0.1, 0.15) is 62.7 Å². The lowest BCUT2D eigenvalue weighted by molar-refractivity contribution is -0.134. The number of rotatable bonds is 5. The Bertz CT molecular complexity index is 841. The third kappa shape index (κ3) is 5.35. The Hall–Kier alpha value is -1.77. The van der Waals surface area contributed by atoms with Crippen LogP contribution in [-0.2, 0) is 20.9 Å². The molecular weight excluding hydrogens is 416 g/mol. The van der Waals surface area contributed by atoms with Crippen molar-refractivity contribution < 1.29 is 24.2 Å². The van der Waals surface area contributed by atoms with Crippen LogP contribution in [0.4, 0.5) is 0 Å². The normalized spacial score (nSPS) is 29.3. The summed E-state index contributed by atoms with van der Waals surface area (Å²) in [6, 6.07) is 2.03. The monoisotopic (exact) mass is 450 g/mol. The predicted octanol–water partition coefficient (Wildman–Crippen LogP) is 3.18. The molecule has 3 aliphatic heterocycles. The Labute approximate surface area is 188 Å². The van der Waals surface area contributed by atoms with Gasteiger partial charge >= 0.3 is 0 Å². The summed E-state index contributed by atoms with van der Waals surface area (Å²) in [6.45, 7) is 12.1. The van der Waals surface area contributed by atoms with Gasteiger partial charge in [0.2, 0.25) is 5.91 Å². The van der Waals surface area contributed by atoms with Crippen LogP contribution >= 0.6 is 11.3 Å². The minimum Gasteiger partial charge on any atom is -0.481 e. The average Bonchev–Trinajstić information content (AvgIpc) is 3.38. The summed E-state index contributed by atoms with van der Waals surface area (Å²) in [4.78, 5) is 36.1. The third-order valence-electron chi connectivity index (χ3n) is 6.44. The molecule has 3 saturated heterocycles. The minimum atomic E-state index is -0.833. The number of fused-ring (bicyclic) bond motifs is 1. The molecule has 2 N–H and O–H groups in total. The van der Waals surface area contributed by atoms with Gasteiger partial charge in [0, 0.05) is 50.4 Å². The van der Waals surface area contributed by atoms with E-state index < -0.39 is 5.97 Å². The van der Waals surface area contributed by atoms with Gasteiger partial charge in [-0.2, -0.15) is 0 Å². The minimum absolute atomic E-state index is 0.0266. The lowest BCUT2D eigenvalue weighted by atomic mass is 9.73. The number of ether oxygens (including phenoxy) is 1. The molecule has 172 valence electrons. The molecule has 4 atom stereocenters. The van der Waals surface area contributed by atoms with Gasteiger partial charge in [-0.05, 0) is 36.8 Å². The van der Waals surface area contributed by atoms with E-state index in [0.29, 0.717) is 24.5 Å². The molecule has 1 aromatic rings. The highest BCUT2D eigenvalue weighted by molar-refractivity contribution is 7.12. The van der Waals surface area contributed by atoms with Crippen LogP contribution in [0.3, 0.4) is 0 Å². The number of Topliss-reactive ketones (excluding diaryl/α,β-unsaturated/α-hetero) is 1. The lowest BCUT2D eigenvalue weighted by Crippen LogP contribution is -2.44. The molecule has 0 radical (unpaired) electrons. The van der Waals surface area contributed by atoms with Crippen molar-refractivity contribution in [2.75, 3.05) is 19.6 Å². The Morgan fingerprint density at radius 2 is 2.00 bits per heavy atom. The zero-order valence-corrected chi connectivity index (χ0v) is 19.9. The van der Waals surface area contributed by atoms with Gasteiger partial charge in [0.05, 0.1) is 16.6 Å². The summed E-state index contributed by atoms with van der Waals surface area (Å²) in [5.41, 5.74) is 0.834. The van der Waals surface area contributed by atoms with Gasteiger partial charge < -0.3 is 15.2 Å². The molecule has 31 heavy (non-hydrogen) atoms. The van der Waals surface area contributed by atoms with E-state index in [1.165, 1.54) is 16.9 Å². The molecule has 4 heterocycles. The molecular formula is C23H34N2O5S. The van der Waals surface area contributed by atoms with E-state index in [0.717, 1.165) is 44.3 Å². The number of hydrogen-bond donors (Lipinski definition) is 2. The second-order valence-electron chi connectivity index (χ2n) is 10.1. The molecule has 1 amide bonds. The van der Waals surface area contributed by atoms with Crippen LogP contribution in [0.15, 0.2) is 11.4 Å². The van der Waals surface area contributed by atoms with Crippen molar-refractivity contribution in [3.8, 4) is 0 Å². The summed E-state index contributed by atoms with van der Waals surface area (Å²) in [5, 5.41) is 12.7. The molecule has 3 aliphatic rings. The van der Waals surface area contributed by atoms with Gasteiger partial charge in [0.15, 0.2) is 5.78 Å². The van der Waals surface area contributed by atoms with Crippen LogP contribution in [0.25, 0.3) is 0 Å². The van der Waals surface area contributed by atoms with Crippen LogP contribution in [0.2, 0.25) is 0 Å². The van der Waals surface area contributed by atoms with E-state index in [1.807, 2.05) is 26.8 Å². The lowest BCUT2D eigenvalue weighted by Gasteiger charge is -2.30. The maximum atomic E-state index is 12.3. The molecule has 8 heteroatoms. The SMILES string of the molecule is CC(=O)O.CC(=O)c1cc(CN2C[C@@H]3[C@H](CNC(=O)C(C)(C)C)[C@H]4CC[C@]3(C2)O4)cs1.